The summed E-state index contributed by atoms with van der Waals surface area (Å²) in [5.41, 5.74) is 1.42. The molecule has 4 nitrogen and oxygen atoms in total. The van der Waals surface area contributed by atoms with Crippen molar-refractivity contribution in [3.05, 3.63) is 99.2 Å². The Morgan fingerprint density at radius 3 is 2.56 bits per heavy atom. The van der Waals surface area contributed by atoms with E-state index in [-0.39, 0.29) is 17.3 Å². The summed E-state index contributed by atoms with van der Waals surface area (Å²) in [6.45, 7) is 0.303. The van der Waals surface area contributed by atoms with E-state index in [0.29, 0.717) is 22.8 Å². The van der Waals surface area contributed by atoms with Crippen molar-refractivity contribution in [1.29, 1.82) is 0 Å². The van der Waals surface area contributed by atoms with Gasteiger partial charge < -0.3 is 9.88 Å². The molecule has 0 aliphatic carbocycles. The Bertz CT molecular complexity index is 968. The fourth-order valence-electron chi connectivity index (χ4n) is 2.36. The Labute approximate surface area is 148 Å². The maximum Gasteiger partial charge on any atom is 0.257 e. The summed E-state index contributed by atoms with van der Waals surface area (Å²) in [6.07, 6.45) is 1.49. The second kappa shape index (κ2) is 7.32. The van der Waals surface area contributed by atoms with Crippen LogP contribution >= 0.6 is 11.6 Å². The molecule has 1 amide bonds. The number of amides is 1. The topological polar surface area (TPSA) is 51.1 Å². The molecule has 0 saturated carbocycles. The second-order valence-electron chi connectivity index (χ2n) is 5.47. The Morgan fingerprint density at radius 2 is 1.84 bits per heavy atom. The Hall–Kier alpha value is -2.92. The van der Waals surface area contributed by atoms with Crippen molar-refractivity contribution in [2.45, 2.75) is 6.54 Å². The van der Waals surface area contributed by atoms with E-state index in [1.54, 1.807) is 18.2 Å². The molecule has 0 bridgehead atoms. The molecule has 1 N–H and O–H groups in total. The van der Waals surface area contributed by atoms with Crippen LogP contribution in [0.25, 0.3) is 0 Å². The third-order valence-electron chi connectivity index (χ3n) is 3.59. The Kier molecular flexibility index (Phi) is 4.95. The number of nitrogens with zero attached hydrogens (tertiary/aromatic N) is 1. The number of rotatable bonds is 4. The SMILES string of the molecule is O=C(Nc1ccc(F)cc1)c1ccc(=O)n(Cc2cccc(Cl)c2)c1. The van der Waals surface area contributed by atoms with Gasteiger partial charge in [-0.3, -0.25) is 9.59 Å². The summed E-state index contributed by atoms with van der Waals surface area (Å²) in [5.74, 6) is -0.764. The zero-order valence-corrected chi connectivity index (χ0v) is 13.8. The predicted molar refractivity (Wildman–Crippen MR) is 95.6 cm³/mol. The summed E-state index contributed by atoms with van der Waals surface area (Å²) >= 11 is 5.96. The van der Waals surface area contributed by atoms with Gasteiger partial charge in [-0.15, -0.1) is 0 Å². The molecule has 0 aliphatic heterocycles. The lowest BCUT2D eigenvalue weighted by atomic mass is 10.2. The average Bonchev–Trinajstić information content (AvgIpc) is 2.59. The van der Waals surface area contributed by atoms with Gasteiger partial charge in [-0.05, 0) is 48.0 Å². The summed E-state index contributed by atoms with van der Waals surface area (Å²) < 4.78 is 14.4. The van der Waals surface area contributed by atoms with Gasteiger partial charge in [-0.1, -0.05) is 23.7 Å². The number of carbonyl (C=O) groups is 1. The lowest BCUT2D eigenvalue weighted by Gasteiger charge is -2.09. The van der Waals surface area contributed by atoms with Gasteiger partial charge in [-0.25, -0.2) is 4.39 Å². The molecule has 6 heteroatoms. The van der Waals surface area contributed by atoms with Crippen molar-refractivity contribution in [3.8, 4) is 0 Å². The maximum atomic E-state index is 12.9. The van der Waals surface area contributed by atoms with Crippen molar-refractivity contribution < 1.29 is 9.18 Å². The molecule has 126 valence electrons. The first kappa shape index (κ1) is 16.9. The highest BCUT2D eigenvalue weighted by Gasteiger charge is 2.09. The van der Waals surface area contributed by atoms with Crippen LogP contribution in [0.15, 0.2) is 71.7 Å². The maximum absolute atomic E-state index is 12.9. The van der Waals surface area contributed by atoms with Gasteiger partial charge in [0, 0.05) is 23.0 Å². The zero-order chi connectivity index (χ0) is 17.8. The minimum absolute atomic E-state index is 0.224. The normalized spacial score (nSPS) is 10.5. The summed E-state index contributed by atoms with van der Waals surface area (Å²) in [7, 11) is 0. The third-order valence-corrected chi connectivity index (χ3v) is 3.82. The fourth-order valence-corrected chi connectivity index (χ4v) is 2.57. The minimum Gasteiger partial charge on any atom is -0.322 e. The number of halogens is 2. The average molecular weight is 357 g/mol. The quantitative estimate of drug-likeness (QED) is 0.769. The summed E-state index contributed by atoms with van der Waals surface area (Å²) in [5, 5.41) is 3.24. The zero-order valence-electron chi connectivity index (χ0n) is 13.1. The highest BCUT2D eigenvalue weighted by atomic mass is 35.5. The lowest BCUT2D eigenvalue weighted by molar-refractivity contribution is 0.102. The van der Waals surface area contributed by atoms with Gasteiger partial charge in [0.1, 0.15) is 5.82 Å². The molecule has 0 atom stereocenters. The predicted octanol–water partition coefficient (Wildman–Crippen LogP) is 3.94. The molecule has 0 aliphatic rings. The minimum atomic E-state index is -0.383. The van der Waals surface area contributed by atoms with Crippen LogP contribution in [0.3, 0.4) is 0 Å². The summed E-state index contributed by atoms with van der Waals surface area (Å²) in [6, 6.07) is 15.4. The molecule has 3 rings (SSSR count). The molecule has 0 saturated heterocycles. The standard InChI is InChI=1S/C19H14ClFN2O2/c20-15-3-1-2-13(10-15)11-23-12-14(4-9-18(23)24)19(25)22-17-7-5-16(21)6-8-17/h1-10,12H,11H2,(H,22,25). The van der Waals surface area contributed by atoms with Crippen molar-refractivity contribution in [1.82, 2.24) is 4.57 Å². The number of nitrogens with one attached hydrogen (secondary N) is 1. The first-order valence-corrected chi connectivity index (χ1v) is 7.91. The van der Waals surface area contributed by atoms with Gasteiger partial charge in [0.2, 0.25) is 0 Å². The highest BCUT2D eigenvalue weighted by Crippen LogP contribution is 2.13. The van der Waals surface area contributed by atoms with E-state index < -0.39 is 0 Å². The molecule has 0 radical (unpaired) electrons. The number of benzene rings is 2. The van der Waals surface area contributed by atoms with Gasteiger partial charge >= 0.3 is 0 Å². The van der Waals surface area contributed by atoms with Gasteiger partial charge in [0.05, 0.1) is 12.1 Å². The van der Waals surface area contributed by atoms with E-state index in [9.17, 15) is 14.0 Å². The molecule has 0 unspecified atom stereocenters. The molecule has 1 aromatic heterocycles. The van der Waals surface area contributed by atoms with E-state index in [1.165, 1.54) is 47.2 Å². The van der Waals surface area contributed by atoms with Crippen molar-refractivity contribution >= 4 is 23.2 Å². The van der Waals surface area contributed by atoms with Crippen LogP contribution in [-0.4, -0.2) is 10.5 Å². The van der Waals surface area contributed by atoms with E-state index in [0.717, 1.165) is 5.56 Å². The summed E-state index contributed by atoms with van der Waals surface area (Å²) in [4.78, 5) is 24.4. The van der Waals surface area contributed by atoms with Gasteiger partial charge in [0.15, 0.2) is 0 Å². The van der Waals surface area contributed by atoms with Crippen LogP contribution in [0, 0.1) is 5.82 Å². The molecule has 25 heavy (non-hydrogen) atoms. The molecular formula is C19H14ClFN2O2. The number of aromatic nitrogens is 1. The van der Waals surface area contributed by atoms with Crippen LogP contribution in [-0.2, 0) is 6.54 Å². The van der Waals surface area contributed by atoms with E-state index in [4.69, 9.17) is 11.6 Å². The second-order valence-corrected chi connectivity index (χ2v) is 5.91. The number of hydrogen-bond acceptors (Lipinski definition) is 2. The van der Waals surface area contributed by atoms with E-state index >= 15 is 0 Å². The number of hydrogen-bond donors (Lipinski definition) is 1. The Balaban J connectivity index is 1.82. The molecule has 2 aromatic carbocycles. The van der Waals surface area contributed by atoms with Crippen LogP contribution in [0.1, 0.15) is 15.9 Å². The van der Waals surface area contributed by atoms with Gasteiger partial charge in [0.25, 0.3) is 11.5 Å². The smallest absolute Gasteiger partial charge is 0.257 e. The number of anilines is 1. The first-order valence-electron chi connectivity index (χ1n) is 7.53. The monoisotopic (exact) mass is 356 g/mol. The van der Waals surface area contributed by atoms with Crippen LogP contribution < -0.4 is 10.9 Å². The largest absolute Gasteiger partial charge is 0.322 e. The lowest BCUT2D eigenvalue weighted by Crippen LogP contribution is -2.22. The fraction of sp³-hybridized carbons (Fsp3) is 0.0526. The molecule has 3 aromatic rings. The highest BCUT2D eigenvalue weighted by molar-refractivity contribution is 6.30. The number of pyridine rings is 1. The van der Waals surface area contributed by atoms with Crippen LogP contribution in [0.2, 0.25) is 5.02 Å². The van der Waals surface area contributed by atoms with Crippen molar-refractivity contribution in [2.24, 2.45) is 0 Å². The first-order chi connectivity index (χ1) is 12.0. The third kappa shape index (κ3) is 4.33. The van der Waals surface area contributed by atoms with E-state index in [2.05, 4.69) is 5.32 Å². The van der Waals surface area contributed by atoms with Crippen molar-refractivity contribution in [2.75, 3.05) is 5.32 Å². The molecule has 1 heterocycles. The molecule has 0 spiro atoms. The van der Waals surface area contributed by atoms with Crippen molar-refractivity contribution in [3.63, 3.8) is 0 Å². The van der Waals surface area contributed by atoms with E-state index in [1.807, 2.05) is 6.07 Å². The molecule has 0 fully saturated rings. The van der Waals surface area contributed by atoms with Crippen LogP contribution in [0.5, 0.6) is 0 Å². The Morgan fingerprint density at radius 1 is 1.08 bits per heavy atom. The van der Waals surface area contributed by atoms with Gasteiger partial charge in [-0.2, -0.15) is 0 Å². The number of carbonyl (C=O) groups excluding carboxylic acids is 1. The van der Waals surface area contributed by atoms with Crippen LogP contribution in [0.4, 0.5) is 10.1 Å². The molecular weight excluding hydrogens is 343 g/mol.